The Bertz CT molecular complexity index is 335. The van der Waals surface area contributed by atoms with Gasteiger partial charge in [-0.15, -0.1) is 0 Å². The van der Waals surface area contributed by atoms with Crippen LogP contribution in [0.2, 0.25) is 0 Å². The van der Waals surface area contributed by atoms with E-state index in [1.54, 1.807) is 0 Å². The molecule has 1 unspecified atom stereocenters. The maximum atomic E-state index is 8.82. The van der Waals surface area contributed by atoms with Gasteiger partial charge in [-0.1, -0.05) is 31.8 Å². The molecule has 2 aliphatic rings. The van der Waals surface area contributed by atoms with E-state index in [9.17, 15) is 0 Å². The predicted molar refractivity (Wildman–Crippen MR) is 83.0 cm³/mol. The van der Waals surface area contributed by atoms with Gasteiger partial charge in [0.2, 0.25) is 0 Å². The normalized spacial score (nSPS) is 26.5. The fraction of sp³-hybridized carbons (Fsp3) is 0.938. The molecule has 4 heteroatoms. The van der Waals surface area contributed by atoms with Crippen molar-refractivity contribution >= 4 is 5.84 Å². The zero-order valence-electron chi connectivity index (χ0n) is 13.1. The summed E-state index contributed by atoms with van der Waals surface area (Å²) in [5.74, 6) is 1.31. The van der Waals surface area contributed by atoms with Crippen LogP contribution in [0.4, 0.5) is 0 Å². The zero-order valence-corrected chi connectivity index (χ0v) is 13.1. The number of likely N-dealkylation sites (tertiary alicyclic amines) is 1. The zero-order chi connectivity index (χ0) is 14.6. The van der Waals surface area contributed by atoms with E-state index >= 15 is 0 Å². The minimum Gasteiger partial charge on any atom is -0.409 e. The Morgan fingerprint density at radius 1 is 1.25 bits per heavy atom. The Morgan fingerprint density at radius 2 is 1.95 bits per heavy atom. The summed E-state index contributed by atoms with van der Waals surface area (Å²) < 4.78 is 0. The van der Waals surface area contributed by atoms with Crippen LogP contribution >= 0.6 is 0 Å². The van der Waals surface area contributed by atoms with Crippen molar-refractivity contribution in [2.24, 2.45) is 22.2 Å². The van der Waals surface area contributed by atoms with Crippen LogP contribution in [-0.4, -0.2) is 35.1 Å². The number of rotatable bonds is 6. The summed E-state index contributed by atoms with van der Waals surface area (Å²) in [6, 6.07) is 0.837. The number of hydrogen-bond donors (Lipinski definition) is 2. The van der Waals surface area contributed by atoms with Gasteiger partial charge in [0, 0.05) is 11.5 Å². The van der Waals surface area contributed by atoms with Gasteiger partial charge in [0.15, 0.2) is 0 Å². The van der Waals surface area contributed by atoms with E-state index in [1.165, 1.54) is 51.6 Å². The summed E-state index contributed by atoms with van der Waals surface area (Å²) >= 11 is 0. The van der Waals surface area contributed by atoms with Gasteiger partial charge >= 0.3 is 0 Å². The van der Waals surface area contributed by atoms with E-state index in [0.29, 0.717) is 5.84 Å². The van der Waals surface area contributed by atoms with Gasteiger partial charge in [-0.25, -0.2) is 0 Å². The second-order valence-corrected chi connectivity index (χ2v) is 7.26. The lowest BCUT2D eigenvalue weighted by Gasteiger charge is -2.30. The second-order valence-electron chi connectivity index (χ2n) is 7.26. The molecule has 2 fully saturated rings. The molecule has 3 N–H and O–H groups in total. The van der Waals surface area contributed by atoms with E-state index in [-0.39, 0.29) is 5.41 Å². The van der Waals surface area contributed by atoms with Crippen LogP contribution in [0.5, 0.6) is 0 Å². The lowest BCUT2D eigenvalue weighted by Crippen LogP contribution is -2.37. The summed E-state index contributed by atoms with van der Waals surface area (Å²) in [5.41, 5.74) is 5.56. The summed E-state index contributed by atoms with van der Waals surface area (Å²) in [6.07, 6.45) is 10.6. The van der Waals surface area contributed by atoms with Gasteiger partial charge < -0.3 is 15.8 Å². The van der Waals surface area contributed by atoms with Gasteiger partial charge in [-0.05, 0) is 57.5 Å². The van der Waals surface area contributed by atoms with Crippen LogP contribution < -0.4 is 5.73 Å². The predicted octanol–water partition coefficient (Wildman–Crippen LogP) is 3.19. The molecule has 0 bridgehead atoms. The minimum atomic E-state index is -0.197. The first-order chi connectivity index (χ1) is 9.54. The molecular formula is C16H31N3O. The molecule has 1 saturated carbocycles. The quantitative estimate of drug-likeness (QED) is 0.340. The Hall–Kier alpha value is -0.770. The second kappa shape index (κ2) is 6.79. The maximum Gasteiger partial charge on any atom is 0.144 e. The lowest BCUT2D eigenvalue weighted by molar-refractivity contribution is 0.183. The van der Waals surface area contributed by atoms with Crippen molar-refractivity contribution in [3.05, 3.63) is 0 Å². The molecule has 116 valence electrons. The molecule has 1 aliphatic heterocycles. The van der Waals surface area contributed by atoms with E-state index in [4.69, 9.17) is 10.9 Å². The molecule has 1 atom stereocenters. The SMILES string of the molecule is CC(C)(CCCN1CCCC1C1CCCC1)C(N)=NO. The Balaban J connectivity index is 1.78. The molecule has 0 aromatic rings. The summed E-state index contributed by atoms with van der Waals surface area (Å²) in [5, 5.41) is 12.0. The molecule has 0 radical (unpaired) electrons. The third-order valence-electron chi connectivity index (χ3n) is 5.41. The Kier molecular flexibility index (Phi) is 5.30. The summed E-state index contributed by atoms with van der Waals surface area (Å²) in [6.45, 7) is 6.55. The largest absolute Gasteiger partial charge is 0.409 e. The third-order valence-corrected chi connectivity index (χ3v) is 5.41. The van der Waals surface area contributed by atoms with E-state index in [1.807, 2.05) is 0 Å². The van der Waals surface area contributed by atoms with Crippen LogP contribution in [0.15, 0.2) is 5.16 Å². The van der Waals surface area contributed by atoms with Gasteiger partial charge in [0.1, 0.15) is 5.84 Å². The van der Waals surface area contributed by atoms with Crippen LogP contribution in [-0.2, 0) is 0 Å². The molecule has 2 rings (SSSR count). The van der Waals surface area contributed by atoms with Crippen molar-refractivity contribution in [2.45, 2.75) is 71.3 Å². The van der Waals surface area contributed by atoms with Crippen LogP contribution in [0.3, 0.4) is 0 Å². The minimum absolute atomic E-state index is 0.197. The van der Waals surface area contributed by atoms with Crippen molar-refractivity contribution in [3.63, 3.8) is 0 Å². The third kappa shape index (κ3) is 3.66. The number of hydrogen-bond acceptors (Lipinski definition) is 3. The van der Waals surface area contributed by atoms with Crippen molar-refractivity contribution in [2.75, 3.05) is 13.1 Å². The van der Waals surface area contributed by atoms with E-state index < -0.39 is 0 Å². The number of oxime groups is 1. The van der Waals surface area contributed by atoms with Gasteiger partial charge in [-0.3, -0.25) is 0 Å². The lowest BCUT2D eigenvalue weighted by atomic mass is 9.86. The first-order valence-electron chi connectivity index (χ1n) is 8.26. The average Bonchev–Trinajstić information content (AvgIpc) is 3.07. The molecule has 0 amide bonds. The maximum absolute atomic E-state index is 8.82. The average molecular weight is 281 g/mol. The van der Waals surface area contributed by atoms with Crippen molar-refractivity contribution in [1.29, 1.82) is 0 Å². The van der Waals surface area contributed by atoms with E-state index in [0.717, 1.165) is 24.8 Å². The highest BCUT2D eigenvalue weighted by molar-refractivity contribution is 5.85. The Morgan fingerprint density at radius 3 is 2.60 bits per heavy atom. The van der Waals surface area contributed by atoms with Crippen molar-refractivity contribution in [1.82, 2.24) is 4.90 Å². The van der Waals surface area contributed by atoms with Gasteiger partial charge in [0.05, 0.1) is 0 Å². The fourth-order valence-electron chi connectivity index (χ4n) is 3.99. The highest BCUT2D eigenvalue weighted by Crippen LogP contribution is 2.35. The molecular weight excluding hydrogens is 250 g/mol. The van der Waals surface area contributed by atoms with E-state index in [2.05, 4.69) is 23.9 Å². The van der Waals surface area contributed by atoms with Crippen molar-refractivity contribution in [3.8, 4) is 0 Å². The smallest absolute Gasteiger partial charge is 0.144 e. The topological polar surface area (TPSA) is 61.8 Å². The number of amidine groups is 1. The van der Waals surface area contributed by atoms with Crippen LogP contribution in [0.25, 0.3) is 0 Å². The van der Waals surface area contributed by atoms with Gasteiger partial charge in [0.25, 0.3) is 0 Å². The molecule has 1 heterocycles. The first kappa shape index (κ1) is 15.6. The molecule has 0 spiro atoms. The number of nitrogens with zero attached hydrogens (tertiary/aromatic N) is 2. The molecule has 1 aliphatic carbocycles. The molecule has 1 saturated heterocycles. The molecule has 0 aromatic heterocycles. The number of nitrogens with two attached hydrogens (primary N) is 1. The standard InChI is InChI=1S/C16H31N3O/c1-16(2,15(17)18-20)10-6-12-19-11-5-9-14(19)13-7-3-4-8-13/h13-14,20H,3-12H2,1-2H3,(H2,17,18). The highest BCUT2D eigenvalue weighted by Gasteiger charge is 2.33. The summed E-state index contributed by atoms with van der Waals surface area (Å²) in [7, 11) is 0. The highest BCUT2D eigenvalue weighted by atomic mass is 16.4. The molecule has 20 heavy (non-hydrogen) atoms. The van der Waals surface area contributed by atoms with Crippen LogP contribution in [0, 0.1) is 11.3 Å². The van der Waals surface area contributed by atoms with Crippen LogP contribution in [0.1, 0.15) is 65.2 Å². The van der Waals surface area contributed by atoms with Crippen molar-refractivity contribution < 1.29 is 5.21 Å². The fourth-order valence-corrected chi connectivity index (χ4v) is 3.99. The van der Waals surface area contributed by atoms with Gasteiger partial charge in [-0.2, -0.15) is 0 Å². The molecule has 0 aromatic carbocycles. The monoisotopic (exact) mass is 281 g/mol. The Labute approximate surface area is 123 Å². The molecule has 4 nitrogen and oxygen atoms in total. The first-order valence-corrected chi connectivity index (χ1v) is 8.26. The summed E-state index contributed by atoms with van der Waals surface area (Å²) in [4.78, 5) is 2.71.